The Morgan fingerprint density at radius 3 is 2.72 bits per heavy atom. The van der Waals surface area contributed by atoms with E-state index in [1.165, 1.54) is 6.07 Å². The van der Waals surface area contributed by atoms with Crippen LogP contribution in [-0.2, 0) is 0 Å². The number of rotatable bonds is 2. The van der Waals surface area contributed by atoms with Gasteiger partial charge in [0.2, 0.25) is 0 Å². The molecule has 0 saturated heterocycles. The van der Waals surface area contributed by atoms with Gasteiger partial charge in [0.1, 0.15) is 11.3 Å². The van der Waals surface area contributed by atoms with Crippen LogP contribution >= 0.6 is 15.9 Å². The molecule has 5 heteroatoms. The maximum absolute atomic E-state index is 11.0. The van der Waals surface area contributed by atoms with E-state index in [-0.39, 0.29) is 11.3 Å². The average molecular weight is 308 g/mol. The van der Waals surface area contributed by atoms with Crippen LogP contribution in [0, 0.1) is 6.92 Å². The van der Waals surface area contributed by atoms with Crippen molar-refractivity contribution < 1.29 is 15.0 Å². The number of carboxylic acids is 1. The van der Waals surface area contributed by atoms with Crippen molar-refractivity contribution in [2.45, 2.75) is 6.92 Å². The van der Waals surface area contributed by atoms with Crippen molar-refractivity contribution in [1.82, 2.24) is 4.98 Å². The quantitative estimate of drug-likeness (QED) is 0.893. The average Bonchev–Trinajstić information content (AvgIpc) is 2.33. The molecule has 1 heterocycles. The number of hydrogen-bond acceptors (Lipinski definition) is 3. The Balaban J connectivity index is 2.61. The van der Waals surface area contributed by atoms with Crippen LogP contribution in [0.25, 0.3) is 11.3 Å². The number of aryl methyl sites for hydroxylation is 1. The smallest absolute Gasteiger partial charge is 0.339 e. The summed E-state index contributed by atoms with van der Waals surface area (Å²) >= 11 is 3.36. The zero-order chi connectivity index (χ0) is 13.3. The maximum atomic E-state index is 11.0. The Labute approximate surface area is 112 Å². The van der Waals surface area contributed by atoms with Crippen LogP contribution in [-0.4, -0.2) is 21.2 Å². The van der Waals surface area contributed by atoms with E-state index in [1.807, 2.05) is 25.1 Å². The van der Waals surface area contributed by atoms with Crippen LogP contribution in [0.5, 0.6) is 5.75 Å². The highest BCUT2D eigenvalue weighted by Gasteiger charge is 2.13. The minimum atomic E-state index is -1.18. The molecule has 0 bridgehead atoms. The van der Waals surface area contributed by atoms with Crippen molar-refractivity contribution in [1.29, 1.82) is 0 Å². The molecule has 4 nitrogen and oxygen atoms in total. The molecule has 0 radical (unpaired) electrons. The van der Waals surface area contributed by atoms with Gasteiger partial charge in [-0.1, -0.05) is 22.0 Å². The number of benzene rings is 1. The van der Waals surface area contributed by atoms with E-state index in [4.69, 9.17) is 5.11 Å². The summed E-state index contributed by atoms with van der Waals surface area (Å²) in [6.07, 6.45) is 1.15. The minimum Gasteiger partial charge on any atom is -0.505 e. The van der Waals surface area contributed by atoms with Gasteiger partial charge in [0.05, 0.1) is 11.9 Å². The topological polar surface area (TPSA) is 70.4 Å². The van der Waals surface area contributed by atoms with Crippen molar-refractivity contribution >= 4 is 21.9 Å². The number of hydrogen-bond donors (Lipinski definition) is 2. The summed E-state index contributed by atoms with van der Waals surface area (Å²) in [4.78, 5) is 15.0. The second-order valence-corrected chi connectivity index (χ2v) is 4.77. The minimum absolute atomic E-state index is 0.153. The van der Waals surface area contributed by atoms with E-state index in [0.717, 1.165) is 21.8 Å². The van der Waals surface area contributed by atoms with E-state index in [9.17, 15) is 9.90 Å². The summed E-state index contributed by atoms with van der Waals surface area (Å²) in [6.45, 7) is 1.91. The van der Waals surface area contributed by atoms with E-state index in [1.54, 1.807) is 0 Å². The first-order valence-corrected chi connectivity index (χ1v) is 5.97. The number of pyridine rings is 1. The highest BCUT2D eigenvalue weighted by Crippen LogP contribution is 2.28. The highest BCUT2D eigenvalue weighted by atomic mass is 79.9. The third kappa shape index (κ3) is 2.36. The number of carboxylic acid groups (broad SMARTS) is 1. The van der Waals surface area contributed by atoms with Gasteiger partial charge in [-0.25, -0.2) is 4.79 Å². The molecule has 0 aliphatic rings. The molecule has 1 aromatic heterocycles. The summed E-state index contributed by atoms with van der Waals surface area (Å²) in [6, 6.07) is 7.04. The van der Waals surface area contributed by atoms with Crippen LogP contribution in [0.2, 0.25) is 0 Å². The summed E-state index contributed by atoms with van der Waals surface area (Å²) < 4.78 is 0.884. The zero-order valence-corrected chi connectivity index (χ0v) is 11.1. The van der Waals surface area contributed by atoms with E-state index < -0.39 is 5.97 Å². The van der Waals surface area contributed by atoms with Gasteiger partial charge in [0.15, 0.2) is 0 Å². The van der Waals surface area contributed by atoms with Crippen LogP contribution < -0.4 is 0 Å². The third-order valence-electron chi connectivity index (χ3n) is 2.59. The predicted molar refractivity (Wildman–Crippen MR) is 70.7 cm³/mol. The van der Waals surface area contributed by atoms with Gasteiger partial charge in [0, 0.05) is 10.0 Å². The number of nitrogens with zero attached hydrogens (tertiary/aromatic N) is 1. The molecule has 0 spiro atoms. The first-order valence-electron chi connectivity index (χ1n) is 5.18. The Morgan fingerprint density at radius 1 is 1.33 bits per heavy atom. The van der Waals surface area contributed by atoms with Crippen LogP contribution in [0.3, 0.4) is 0 Å². The molecule has 2 aromatic rings. The molecule has 0 atom stereocenters. The SMILES string of the molecule is Cc1ccc(Br)cc1-c1cc(C(=O)O)c(O)cn1. The Kier molecular flexibility index (Phi) is 3.34. The fourth-order valence-corrected chi connectivity index (χ4v) is 2.00. The van der Waals surface area contributed by atoms with Crippen LogP contribution in [0.15, 0.2) is 34.9 Å². The fraction of sp³-hybridized carbons (Fsp3) is 0.0769. The molecular weight excluding hydrogens is 298 g/mol. The first kappa shape index (κ1) is 12.6. The Hall–Kier alpha value is -1.88. The molecule has 0 aliphatic carbocycles. The largest absolute Gasteiger partial charge is 0.505 e. The zero-order valence-electron chi connectivity index (χ0n) is 9.51. The number of carbonyl (C=O) groups is 1. The van der Waals surface area contributed by atoms with Gasteiger partial charge in [0.25, 0.3) is 0 Å². The second kappa shape index (κ2) is 4.78. The van der Waals surface area contributed by atoms with Gasteiger partial charge in [-0.3, -0.25) is 4.98 Å². The lowest BCUT2D eigenvalue weighted by Crippen LogP contribution is -1.99. The fourth-order valence-electron chi connectivity index (χ4n) is 1.64. The normalized spacial score (nSPS) is 10.3. The molecule has 92 valence electrons. The maximum Gasteiger partial charge on any atom is 0.339 e. The summed E-state index contributed by atoms with van der Waals surface area (Å²) in [5, 5.41) is 18.4. The van der Waals surface area contributed by atoms with Crippen molar-refractivity contribution in [2.75, 3.05) is 0 Å². The van der Waals surface area contributed by atoms with E-state index >= 15 is 0 Å². The van der Waals surface area contributed by atoms with Gasteiger partial charge in [-0.05, 0) is 30.7 Å². The van der Waals surface area contributed by atoms with Gasteiger partial charge < -0.3 is 10.2 Å². The van der Waals surface area contributed by atoms with Crippen LogP contribution in [0.4, 0.5) is 0 Å². The lowest BCUT2D eigenvalue weighted by atomic mass is 10.0. The summed E-state index contributed by atoms with van der Waals surface area (Å²) in [5.41, 5.74) is 2.17. The molecule has 0 amide bonds. The molecule has 2 rings (SSSR count). The van der Waals surface area contributed by atoms with Crippen molar-refractivity contribution in [3.8, 4) is 17.0 Å². The molecule has 0 unspecified atom stereocenters. The monoisotopic (exact) mass is 307 g/mol. The molecule has 0 aliphatic heterocycles. The number of aromatic carboxylic acids is 1. The molecular formula is C13H10BrNO3. The highest BCUT2D eigenvalue weighted by molar-refractivity contribution is 9.10. The number of aromatic nitrogens is 1. The van der Waals surface area contributed by atoms with Crippen molar-refractivity contribution in [3.05, 3.63) is 46.1 Å². The number of halogens is 1. The Bertz CT molecular complexity index is 626. The second-order valence-electron chi connectivity index (χ2n) is 3.85. The first-order chi connectivity index (χ1) is 8.49. The summed E-state index contributed by atoms with van der Waals surface area (Å²) in [7, 11) is 0. The van der Waals surface area contributed by atoms with Gasteiger partial charge in [-0.15, -0.1) is 0 Å². The molecule has 0 saturated carbocycles. The van der Waals surface area contributed by atoms with E-state index in [0.29, 0.717) is 5.69 Å². The van der Waals surface area contributed by atoms with Gasteiger partial charge >= 0.3 is 5.97 Å². The lowest BCUT2D eigenvalue weighted by Gasteiger charge is -2.07. The molecule has 18 heavy (non-hydrogen) atoms. The number of aromatic hydroxyl groups is 1. The van der Waals surface area contributed by atoms with Crippen LogP contribution in [0.1, 0.15) is 15.9 Å². The third-order valence-corrected chi connectivity index (χ3v) is 3.08. The standard InChI is InChI=1S/C13H10BrNO3/c1-7-2-3-8(14)4-9(7)11-5-10(13(17)18)12(16)6-15-11/h2-6,16H,1H3,(H,17,18). The molecule has 1 aromatic carbocycles. The summed E-state index contributed by atoms with van der Waals surface area (Å²) in [5.74, 6) is -1.51. The van der Waals surface area contributed by atoms with Gasteiger partial charge in [-0.2, -0.15) is 0 Å². The lowest BCUT2D eigenvalue weighted by molar-refractivity contribution is 0.0693. The predicted octanol–water partition coefficient (Wildman–Crippen LogP) is 3.22. The molecule has 2 N–H and O–H groups in total. The Morgan fingerprint density at radius 2 is 2.06 bits per heavy atom. The van der Waals surface area contributed by atoms with E-state index in [2.05, 4.69) is 20.9 Å². The molecule has 0 fully saturated rings. The van der Waals surface area contributed by atoms with Crippen molar-refractivity contribution in [2.24, 2.45) is 0 Å². The van der Waals surface area contributed by atoms with Crippen molar-refractivity contribution in [3.63, 3.8) is 0 Å².